The number of rotatable bonds is 8. The Morgan fingerprint density at radius 3 is 2.07 bits per heavy atom. The lowest BCUT2D eigenvalue weighted by Gasteiger charge is -2.21. The summed E-state index contributed by atoms with van der Waals surface area (Å²) in [5, 5.41) is 0. The van der Waals surface area contributed by atoms with E-state index in [-0.39, 0.29) is 5.78 Å². The van der Waals surface area contributed by atoms with Crippen LogP contribution in [0, 0.1) is 0 Å². The molecule has 0 radical (unpaired) electrons. The molecule has 0 aliphatic carbocycles. The molecule has 0 amide bonds. The molecule has 0 fully saturated rings. The maximum Gasteiger partial charge on any atom is 0.194 e. The molecule has 1 aliphatic heterocycles. The summed E-state index contributed by atoms with van der Waals surface area (Å²) < 4.78 is 11.6. The van der Waals surface area contributed by atoms with Gasteiger partial charge in [0.2, 0.25) is 0 Å². The molecule has 5 heteroatoms. The fraction of sp³-hybridized carbons (Fsp3) is 0.348. The van der Waals surface area contributed by atoms with Crippen molar-refractivity contribution in [1.29, 1.82) is 0 Å². The summed E-state index contributed by atoms with van der Waals surface area (Å²) in [7, 11) is 1.85. The fourth-order valence-corrected chi connectivity index (χ4v) is 3.38. The first kappa shape index (κ1) is 19.8. The van der Waals surface area contributed by atoms with Crippen molar-refractivity contribution in [3.63, 3.8) is 0 Å². The second kappa shape index (κ2) is 8.83. The molecule has 1 aliphatic rings. The van der Waals surface area contributed by atoms with Crippen molar-refractivity contribution in [3.05, 3.63) is 65.5 Å². The quantitative estimate of drug-likeness (QED) is 0.745. The fourth-order valence-electron chi connectivity index (χ4n) is 3.38. The Morgan fingerprint density at radius 1 is 0.964 bits per heavy atom. The van der Waals surface area contributed by atoms with Crippen LogP contribution in [0.15, 0.2) is 54.4 Å². The molecule has 1 atom stereocenters. The predicted molar refractivity (Wildman–Crippen MR) is 111 cm³/mol. The number of hydrogen-bond donors (Lipinski definition) is 1. The lowest BCUT2D eigenvalue weighted by atomic mass is 9.96. The van der Waals surface area contributed by atoms with Gasteiger partial charge in [-0.3, -0.25) is 4.79 Å². The van der Waals surface area contributed by atoms with Gasteiger partial charge in [0.1, 0.15) is 23.4 Å². The van der Waals surface area contributed by atoms with E-state index in [4.69, 9.17) is 15.2 Å². The van der Waals surface area contributed by atoms with Crippen molar-refractivity contribution in [2.24, 2.45) is 5.73 Å². The smallest absolute Gasteiger partial charge is 0.194 e. The number of Topliss-reactive ketones (excluding diaryl/α,β-unsaturated/α-hetero) is 1. The van der Waals surface area contributed by atoms with Crippen LogP contribution in [0.1, 0.15) is 43.9 Å². The third kappa shape index (κ3) is 3.98. The summed E-state index contributed by atoms with van der Waals surface area (Å²) in [6.45, 7) is 5.31. The van der Waals surface area contributed by atoms with E-state index < -0.39 is 6.04 Å². The van der Waals surface area contributed by atoms with Crippen LogP contribution in [0.3, 0.4) is 0 Å². The first-order chi connectivity index (χ1) is 13.6. The maximum atomic E-state index is 13.3. The van der Waals surface area contributed by atoms with Gasteiger partial charge in [0.15, 0.2) is 5.78 Å². The molecule has 0 aromatic heterocycles. The second-order valence-electron chi connectivity index (χ2n) is 6.94. The molecule has 28 heavy (non-hydrogen) atoms. The number of likely N-dealkylation sites (N-methyl/N-ethyl adjacent to an activating group) is 1. The SMILES string of the molecule is CCCOc1cc(OCCC)cc(C2=C(N)N(C)C(c3ccccc3)C2=O)c1. The van der Waals surface area contributed by atoms with Crippen LogP contribution in [0.5, 0.6) is 11.5 Å². The summed E-state index contributed by atoms with van der Waals surface area (Å²) >= 11 is 0. The predicted octanol–water partition coefficient (Wildman–Crippen LogP) is 4.15. The topological polar surface area (TPSA) is 64.8 Å². The third-order valence-electron chi connectivity index (χ3n) is 4.75. The Hall–Kier alpha value is -2.95. The van der Waals surface area contributed by atoms with Crippen molar-refractivity contribution >= 4 is 11.4 Å². The minimum Gasteiger partial charge on any atom is -0.493 e. The van der Waals surface area contributed by atoms with Crippen molar-refractivity contribution in [3.8, 4) is 11.5 Å². The highest BCUT2D eigenvalue weighted by molar-refractivity contribution is 6.26. The molecule has 0 saturated carbocycles. The Morgan fingerprint density at radius 2 is 1.54 bits per heavy atom. The monoisotopic (exact) mass is 380 g/mol. The summed E-state index contributed by atoms with van der Waals surface area (Å²) in [6, 6.07) is 14.9. The molecular weight excluding hydrogens is 352 g/mol. The van der Waals surface area contributed by atoms with Gasteiger partial charge in [-0.05, 0) is 36.1 Å². The van der Waals surface area contributed by atoms with Crippen LogP contribution >= 0.6 is 0 Å². The Bertz CT molecular complexity index is 835. The van der Waals surface area contributed by atoms with Crippen molar-refractivity contribution < 1.29 is 14.3 Å². The van der Waals surface area contributed by atoms with E-state index in [0.29, 0.717) is 36.1 Å². The molecule has 2 N–H and O–H groups in total. The van der Waals surface area contributed by atoms with E-state index in [1.807, 2.05) is 60.5 Å². The summed E-state index contributed by atoms with van der Waals surface area (Å²) in [6.07, 6.45) is 1.80. The van der Waals surface area contributed by atoms with E-state index in [1.165, 1.54) is 0 Å². The first-order valence-electron chi connectivity index (χ1n) is 9.79. The van der Waals surface area contributed by atoms with E-state index in [0.717, 1.165) is 24.0 Å². The minimum absolute atomic E-state index is 0.0136. The normalized spacial score (nSPS) is 16.6. The van der Waals surface area contributed by atoms with Gasteiger partial charge in [0.25, 0.3) is 0 Å². The number of ether oxygens (including phenoxy) is 2. The van der Waals surface area contributed by atoms with Gasteiger partial charge in [-0.15, -0.1) is 0 Å². The first-order valence-corrected chi connectivity index (χ1v) is 9.79. The molecule has 0 bridgehead atoms. The van der Waals surface area contributed by atoms with Gasteiger partial charge in [-0.2, -0.15) is 0 Å². The average Bonchev–Trinajstić information content (AvgIpc) is 2.93. The van der Waals surface area contributed by atoms with Crippen molar-refractivity contribution in [2.75, 3.05) is 20.3 Å². The van der Waals surface area contributed by atoms with Crippen LogP contribution in [-0.2, 0) is 4.79 Å². The number of ketones is 1. The van der Waals surface area contributed by atoms with Crippen LogP contribution in [0.4, 0.5) is 0 Å². The van der Waals surface area contributed by atoms with Crippen molar-refractivity contribution in [1.82, 2.24) is 4.90 Å². The maximum absolute atomic E-state index is 13.3. The van der Waals surface area contributed by atoms with Gasteiger partial charge >= 0.3 is 0 Å². The number of benzene rings is 2. The van der Waals surface area contributed by atoms with Crippen LogP contribution < -0.4 is 15.2 Å². The molecule has 148 valence electrons. The zero-order chi connectivity index (χ0) is 20.1. The molecule has 2 aromatic carbocycles. The number of hydrogen-bond acceptors (Lipinski definition) is 5. The highest BCUT2D eigenvalue weighted by Crippen LogP contribution is 2.39. The molecular formula is C23H28N2O3. The zero-order valence-electron chi connectivity index (χ0n) is 16.8. The van der Waals surface area contributed by atoms with Gasteiger partial charge < -0.3 is 20.1 Å². The van der Waals surface area contributed by atoms with E-state index in [1.54, 1.807) is 0 Å². The van der Waals surface area contributed by atoms with Gasteiger partial charge in [0.05, 0.1) is 18.8 Å². The Balaban J connectivity index is 1.99. The number of nitrogens with zero attached hydrogens (tertiary/aromatic N) is 1. The minimum atomic E-state index is -0.420. The third-order valence-corrected chi connectivity index (χ3v) is 4.75. The Labute approximate surface area is 166 Å². The van der Waals surface area contributed by atoms with Crippen molar-refractivity contribution in [2.45, 2.75) is 32.7 Å². The Kier molecular flexibility index (Phi) is 6.24. The summed E-state index contributed by atoms with van der Waals surface area (Å²) in [4.78, 5) is 15.1. The number of nitrogens with two attached hydrogens (primary N) is 1. The standard InChI is InChI=1S/C23H28N2O3/c1-4-11-27-18-13-17(14-19(15-18)28-12-5-2)20-22(26)21(25(3)23(20)24)16-9-7-6-8-10-16/h6-10,13-15,21H,4-5,11-12,24H2,1-3H3. The summed E-state index contributed by atoms with van der Waals surface area (Å²) in [5.41, 5.74) is 8.54. The number of carbonyl (C=O) groups excluding carboxylic acids is 1. The van der Waals surface area contributed by atoms with Crippen LogP contribution in [0.2, 0.25) is 0 Å². The van der Waals surface area contributed by atoms with E-state index in [2.05, 4.69) is 13.8 Å². The molecule has 0 saturated heterocycles. The largest absolute Gasteiger partial charge is 0.493 e. The van der Waals surface area contributed by atoms with E-state index in [9.17, 15) is 4.79 Å². The number of carbonyl (C=O) groups is 1. The molecule has 3 rings (SSSR count). The molecule has 1 unspecified atom stereocenters. The average molecular weight is 380 g/mol. The molecule has 0 spiro atoms. The lowest BCUT2D eigenvalue weighted by molar-refractivity contribution is -0.116. The molecule has 5 nitrogen and oxygen atoms in total. The highest BCUT2D eigenvalue weighted by Gasteiger charge is 2.38. The van der Waals surface area contributed by atoms with Crippen LogP contribution in [-0.4, -0.2) is 30.9 Å². The van der Waals surface area contributed by atoms with E-state index >= 15 is 0 Å². The van der Waals surface area contributed by atoms with Gasteiger partial charge in [0, 0.05) is 13.1 Å². The molecule has 1 heterocycles. The second-order valence-corrected chi connectivity index (χ2v) is 6.94. The summed E-state index contributed by atoms with van der Waals surface area (Å²) in [5.74, 6) is 1.82. The lowest BCUT2D eigenvalue weighted by Crippen LogP contribution is -2.25. The van der Waals surface area contributed by atoms with Gasteiger partial charge in [-0.25, -0.2) is 0 Å². The molecule has 2 aromatic rings. The van der Waals surface area contributed by atoms with Crippen LogP contribution in [0.25, 0.3) is 5.57 Å². The highest BCUT2D eigenvalue weighted by atomic mass is 16.5. The van der Waals surface area contributed by atoms with Gasteiger partial charge in [-0.1, -0.05) is 44.2 Å². The zero-order valence-corrected chi connectivity index (χ0v) is 16.8.